The van der Waals surface area contributed by atoms with Gasteiger partial charge in [-0.1, -0.05) is 30.3 Å². The van der Waals surface area contributed by atoms with Gasteiger partial charge < -0.3 is 20.4 Å². The summed E-state index contributed by atoms with van der Waals surface area (Å²) in [5, 5.41) is 20.5. The number of carbonyl (C=O) groups excluding carboxylic acids is 3. The lowest BCUT2D eigenvalue weighted by atomic mass is 10.1. The van der Waals surface area contributed by atoms with E-state index in [1.165, 1.54) is 11.8 Å². The van der Waals surface area contributed by atoms with E-state index in [1.54, 1.807) is 67.2 Å². The molecule has 14 heteroatoms. The SMILES string of the molecule is CN[C@@H](C)C(=O)N[C@H]1CN(C(C)=O)c2cc(C(F)(F)F)ccc2N(Cc2nn(-c3ccccc3C#N)c3ccccc23)C1=O.Cl. The summed E-state index contributed by atoms with van der Waals surface area (Å²) in [4.78, 5) is 42.1. The smallest absolute Gasteiger partial charge is 0.341 e. The highest BCUT2D eigenvalue weighted by atomic mass is 35.5. The zero-order chi connectivity index (χ0) is 31.8. The van der Waals surface area contributed by atoms with Crippen LogP contribution in [-0.2, 0) is 27.1 Å². The second-order valence-electron chi connectivity index (χ2n) is 10.3. The van der Waals surface area contributed by atoms with E-state index >= 15 is 0 Å². The number of para-hydroxylation sites is 2. The van der Waals surface area contributed by atoms with Crippen LogP contribution in [0.5, 0.6) is 0 Å². The number of carbonyl (C=O) groups is 3. The Labute approximate surface area is 262 Å². The van der Waals surface area contributed by atoms with Crippen LogP contribution in [0.2, 0.25) is 0 Å². The Morgan fingerprint density at radius 1 is 1.07 bits per heavy atom. The van der Waals surface area contributed by atoms with Crippen molar-refractivity contribution in [1.82, 2.24) is 20.4 Å². The van der Waals surface area contributed by atoms with Gasteiger partial charge in [0.05, 0.1) is 58.5 Å². The number of hydrogen-bond acceptors (Lipinski definition) is 6. The van der Waals surface area contributed by atoms with Gasteiger partial charge in [-0.3, -0.25) is 14.4 Å². The van der Waals surface area contributed by atoms with Gasteiger partial charge in [-0.25, -0.2) is 4.68 Å². The fraction of sp³-hybridized carbons (Fsp3) is 0.258. The summed E-state index contributed by atoms with van der Waals surface area (Å²) in [5.41, 5.74) is 0.815. The molecule has 2 atom stereocenters. The quantitative estimate of drug-likeness (QED) is 0.324. The van der Waals surface area contributed by atoms with E-state index in [2.05, 4.69) is 16.7 Å². The van der Waals surface area contributed by atoms with Gasteiger partial charge >= 0.3 is 6.18 Å². The van der Waals surface area contributed by atoms with Crippen molar-refractivity contribution in [3.63, 3.8) is 0 Å². The molecular formula is C31H29ClF3N7O3. The molecule has 234 valence electrons. The van der Waals surface area contributed by atoms with Crippen molar-refractivity contribution in [1.29, 1.82) is 5.26 Å². The van der Waals surface area contributed by atoms with Crippen molar-refractivity contribution in [3.05, 3.63) is 83.6 Å². The molecule has 2 N–H and O–H groups in total. The van der Waals surface area contributed by atoms with Crippen LogP contribution < -0.4 is 20.4 Å². The largest absolute Gasteiger partial charge is 0.416 e. The highest BCUT2D eigenvalue weighted by Crippen LogP contribution is 2.40. The Hall–Kier alpha value is -4.93. The predicted molar refractivity (Wildman–Crippen MR) is 164 cm³/mol. The Morgan fingerprint density at radius 2 is 1.76 bits per heavy atom. The molecule has 2 heterocycles. The van der Waals surface area contributed by atoms with Gasteiger partial charge in [0, 0.05) is 12.3 Å². The number of nitrogens with zero attached hydrogens (tertiary/aromatic N) is 5. The van der Waals surface area contributed by atoms with Crippen LogP contribution in [0.1, 0.15) is 30.7 Å². The second-order valence-corrected chi connectivity index (χ2v) is 10.3. The molecular weight excluding hydrogens is 611 g/mol. The summed E-state index contributed by atoms with van der Waals surface area (Å²) < 4.78 is 43.0. The summed E-state index contributed by atoms with van der Waals surface area (Å²) in [7, 11) is 1.56. The molecule has 1 aliphatic heterocycles. The number of amides is 3. The second kappa shape index (κ2) is 13.0. The standard InChI is InChI=1S/C31H28F3N7O3.ClH/c1-18(36-3)29(43)37-24-17-39(19(2)42)28-14-21(31(32,33)34)12-13-27(28)40(30(24)44)16-23-22-9-5-7-11-26(22)41(38-23)25-10-6-4-8-20(25)15-35;/h4-14,18,24,36H,16-17H2,1-3H3,(H,37,43);1H/t18-,24-;/m0./s1. The lowest BCUT2D eigenvalue weighted by molar-refractivity contribution is -0.137. The first kappa shape index (κ1) is 33.0. The monoisotopic (exact) mass is 639 g/mol. The molecule has 0 bridgehead atoms. The molecule has 5 rings (SSSR count). The van der Waals surface area contributed by atoms with Crippen molar-refractivity contribution in [2.75, 3.05) is 23.4 Å². The normalized spacial score (nSPS) is 15.5. The highest BCUT2D eigenvalue weighted by molar-refractivity contribution is 6.08. The summed E-state index contributed by atoms with van der Waals surface area (Å²) in [5.74, 6) is -1.77. The summed E-state index contributed by atoms with van der Waals surface area (Å²) in [6, 6.07) is 17.0. The third-order valence-electron chi connectivity index (χ3n) is 7.56. The Kier molecular flexibility index (Phi) is 9.50. The first-order valence-electron chi connectivity index (χ1n) is 13.7. The van der Waals surface area contributed by atoms with Gasteiger partial charge in [0.25, 0.3) is 5.91 Å². The molecule has 0 saturated heterocycles. The first-order chi connectivity index (χ1) is 20.9. The first-order valence-corrected chi connectivity index (χ1v) is 13.7. The van der Waals surface area contributed by atoms with Crippen LogP contribution in [0.25, 0.3) is 16.6 Å². The Bertz CT molecular complexity index is 1820. The third-order valence-corrected chi connectivity index (χ3v) is 7.56. The van der Waals surface area contributed by atoms with Crippen molar-refractivity contribution >= 4 is 52.4 Å². The lowest BCUT2D eigenvalue weighted by Gasteiger charge is -2.26. The molecule has 0 radical (unpaired) electrons. The van der Waals surface area contributed by atoms with Gasteiger partial charge in [0.15, 0.2) is 0 Å². The molecule has 1 aromatic heterocycles. The molecule has 45 heavy (non-hydrogen) atoms. The molecule has 0 saturated carbocycles. The van der Waals surface area contributed by atoms with Crippen LogP contribution >= 0.6 is 12.4 Å². The fourth-order valence-electron chi connectivity index (χ4n) is 5.14. The van der Waals surface area contributed by atoms with Gasteiger partial charge in [-0.2, -0.15) is 23.5 Å². The van der Waals surface area contributed by atoms with Crippen molar-refractivity contribution in [2.24, 2.45) is 0 Å². The highest BCUT2D eigenvalue weighted by Gasteiger charge is 2.39. The van der Waals surface area contributed by atoms with Crippen LogP contribution in [-0.4, -0.2) is 53.2 Å². The van der Waals surface area contributed by atoms with E-state index in [0.717, 1.165) is 23.1 Å². The van der Waals surface area contributed by atoms with E-state index in [0.29, 0.717) is 27.8 Å². The third kappa shape index (κ3) is 6.33. The van der Waals surface area contributed by atoms with E-state index in [4.69, 9.17) is 5.10 Å². The predicted octanol–water partition coefficient (Wildman–Crippen LogP) is 4.33. The fourth-order valence-corrected chi connectivity index (χ4v) is 5.14. The maximum atomic E-state index is 14.2. The number of nitriles is 1. The molecule has 0 unspecified atom stereocenters. The summed E-state index contributed by atoms with van der Waals surface area (Å²) in [6.45, 7) is 2.17. The van der Waals surface area contributed by atoms with Crippen LogP contribution in [0.15, 0.2) is 66.7 Å². The maximum Gasteiger partial charge on any atom is 0.416 e. The van der Waals surface area contributed by atoms with Gasteiger partial charge in [-0.15, -0.1) is 12.4 Å². The average Bonchev–Trinajstić information content (AvgIpc) is 3.33. The Balaban J connectivity index is 0.00000461. The number of rotatable bonds is 6. The summed E-state index contributed by atoms with van der Waals surface area (Å²) in [6.07, 6.45) is -4.71. The molecule has 0 fully saturated rings. The van der Waals surface area contributed by atoms with Crippen LogP contribution in [0.3, 0.4) is 0 Å². The lowest BCUT2D eigenvalue weighted by Crippen LogP contribution is -2.55. The van der Waals surface area contributed by atoms with Crippen molar-refractivity contribution < 1.29 is 27.6 Å². The summed E-state index contributed by atoms with van der Waals surface area (Å²) >= 11 is 0. The minimum absolute atomic E-state index is 0. The zero-order valence-corrected chi connectivity index (χ0v) is 25.2. The molecule has 3 amide bonds. The molecule has 4 aromatic rings. The Morgan fingerprint density at radius 3 is 2.42 bits per heavy atom. The van der Waals surface area contributed by atoms with E-state index < -0.39 is 41.5 Å². The number of nitrogens with one attached hydrogen (secondary N) is 2. The minimum atomic E-state index is -4.71. The number of likely N-dealkylation sites (N-methyl/N-ethyl adjacent to an activating group) is 1. The van der Waals surface area contributed by atoms with E-state index in [-0.39, 0.29) is 36.9 Å². The van der Waals surface area contributed by atoms with Gasteiger partial charge in [-0.05, 0) is 50.4 Å². The van der Waals surface area contributed by atoms with Gasteiger partial charge in [0.1, 0.15) is 12.1 Å². The molecule has 3 aromatic carbocycles. The zero-order valence-electron chi connectivity index (χ0n) is 24.4. The van der Waals surface area contributed by atoms with Crippen molar-refractivity contribution in [2.45, 2.75) is 38.7 Å². The molecule has 10 nitrogen and oxygen atoms in total. The number of aromatic nitrogens is 2. The molecule has 1 aliphatic rings. The number of hydrogen-bond donors (Lipinski definition) is 2. The number of fused-ring (bicyclic) bond motifs is 2. The van der Waals surface area contributed by atoms with Gasteiger partial charge in [0.2, 0.25) is 11.8 Å². The number of alkyl halides is 3. The van der Waals surface area contributed by atoms with E-state index in [1.807, 2.05) is 0 Å². The minimum Gasteiger partial charge on any atom is -0.341 e. The van der Waals surface area contributed by atoms with E-state index in [9.17, 15) is 32.8 Å². The number of anilines is 2. The van der Waals surface area contributed by atoms with Crippen LogP contribution in [0.4, 0.5) is 24.5 Å². The topological polar surface area (TPSA) is 123 Å². The molecule has 0 aliphatic carbocycles. The average molecular weight is 640 g/mol. The molecule has 0 spiro atoms. The van der Waals surface area contributed by atoms with Crippen molar-refractivity contribution in [3.8, 4) is 11.8 Å². The maximum absolute atomic E-state index is 14.2. The number of benzene rings is 3. The number of halogens is 4. The van der Waals surface area contributed by atoms with Crippen LogP contribution in [0, 0.1) is 11.3 Å².